The maximum Gasteiger partial charge on any atom is 0.0469 e. The minimum atomic E-state index is 0.162. The van der Waals surface area contributed by atoms with Gasteiger partial charge in [0.25, 0.3) is 0 Å². The summed E-state index contributed by atoms with van der Waals surface area (Å²) in [4.78, 5) is 0. The van der Waals surface area contributed by atoms with E-state index in [9.17, 15) is 0 Å². The van der Waals surface area contributed by atoms with E-state index in [4.69, 9.17) is 10.5 Å². The van der Waals surface area contributed by atoms with Gasteiger partial charge in [0.2, 0.25) is 0 Å². The van der Waals surface area contributed by atoms with Crippen LogP contribution < -0.4 is 5.73 Å². The summed E-state index contributed by atoms with van der Waals surface area (Å²) in [5, 5.41) is 0. The minimum absolute atomic E-state index is 0.162. The van der Waals surface area contributed by atoms with Crippen LogP contribution >= 0.6 is 0 Å². The van der Waals surface area contributed by atoms with Gasteiger partial charge in [-0.3, -0.25) is 0 Å². The van der Waals surface area contributed by atoms with E-state index in [0.29, 0.717) is 0 Å². The molecule has 1 heterocycles. The van der Waals surface area contributed by atoms with Crippen molar-refractivity contribution in [2.24, 2.45) is 23.5 Å². The summed E-state index contributed by atoms with van der Waals surface area (Å²) in [6, 6.07) is 0. The van der Waals surface area contributed by atoms with Crippen LogP contribution in [0.15, 0.2) is 0 Å². The molecule has 92 valence electrons. The van der Waals surface area contributed by atoms with Crippen molar-refractivity contribution in [3.8, 4) is 0 Å². The molecule has 1 saturated heterocycles. The zero-order valence-electron chi connectivity index (χ0n) is 10.3. The van der Waals surface area contributed by atoms with Gasteiger partial charge in [-0.15, -0.1) is 0 Å². The average molecular weight is 223 g/mol. The van der Waals surface area contributed by atoms with Crippen LogP contribution in [0.2, 0.25) is 0 Å². The second-order valence-electron chi connectivity index (χ2n) is 6.31. The van der Waals surface area contributed by atoms with Gasteiger partial charge in [0.1, 0.15) is 0 Å². The van der Waals surface area contributed by atoms with Crippen molar-refractivity contribution >= 4 is 0 Å². The lowest BCUT2D eigenvalue weighted by atomic mass is 9.66. The average Bonchev–Trinajstić information content (AvgIpc) is 3.14. The summed E-state index contributed by atoms with van der Waals surface area (Å²) < 4.78 is 5.47. The molecule has 2 N–H and O–H groups in total. The Morgan fingerprint density at radius 1 is 0.938 bits per heavy atom. The third-order valence-electron chi connectivity index (χ3n) is 5.18. The van der Waals surface area contributed by atoms with Crippen molar-refractivity contribution in [1.29, 1.82) is 0 Å². The van der Waals surface area contributed by atoms with Crippen LogP contribution in [0.25, 0.3) is 0 Å². The number of hydrogen-bond acceptors (Lipinski definition) is 2. The molecule has 3 fully saturated rings. The molecule has 2 aliphatic carbocycles. The van der Waals surface area contributed by atoms with Crippen molar-refractivity contribution in [3.05, 3.63) is 0 Å². The third kappa shape index (κ3) is 2.14. The SMILES string of the molecule is NC1(C2CCOCC2)CCCC(C2CC2)C1. The Morgan fingerprint density at radius 3 is 2.38 bits per heavy atom. The van der Waals surface area contributed by atoms with Crippen LogP contribution in [0, 0.1) is 17.8 Å². The van der Waals surface area contributed by atoms with Crippen molar-refractivity contribution in [2.75, 3.05) is 13.2 Å². The number of nitrogens with two attached hydrogens (primary N) is 1. The molecule has 2 atom stereocenters. The number of ether oxygens (including phenoxy) is 1. The van der Waals surface area contributed by atoms with Crippen LogP contribution in [0.4, 0.5) is 0 Å². The first-order valence-electron chi connectivity index (χ1n) is 7.14. The van der Waals surface area contributed by atoms with Crippen LogP contribution in [0.1, 0.15) is 51.4 Å². The molecule has 16 heavy (non-hydrogen) atoms. The predicted molar refractivity (Wildman–Crippen MR) is 65.1 cm³/mol. The Labute approximate surface area is 98.9 Å². The van der Waals surface area contributed by atoms with Crippen LogP contribution in [0.5, 0.6) is 0 Å². The minimum Gasteiger partial charge on any atom is -0.381 e. The van der Waals surface area contributed by atoms with Crippen molar-refractivity contribution < 1.29 is 4.74 Å². The van der Waals surface area contributed by atoms with E-state index in [0.717, 1.165) is 31.0 Å². The molecule has 3 aliphatic rings. The van der Waals surface area contributed by atoms with E-state index < -0.39 is 0 Å². The van der Waals surface area contributed by atoms with Gasteiger partial charge in [0, 0.05) is 18.8 Å². The summed E-state index contributed by atoms with van der Waals surface area (Å²) >= 11 is 0. The zero-order chi connectivity index (χ0) is 11.0. The van der Waals surface area contributed by atoms with Crippen LogP contribution in [-0.2, 0) is 4.74 Å². The normalized spacial score (nSPS) is 42.2. The molecule has 0 aromatic heterocycles. The molecule has 2 saturated carbocycles. The Balaban J connectivity index is 1.65. The van der Waals surface area contributed by atoms with Crippen LogP contribution in [-0.4, -0.2) is 18.8 Å². The van der Waals surface area contributed by atoms with Gasteiger partial charge in [0.15, 0.2) is 0 Å². The highest BCUT2D eigenvalue weighted by molar-refractivity contribution is 4.99. The third-order valence-corrected chi connectivity index (χ3v) is 5.18. The molecule has 0 bridgehead atoms. The lowest BCUT2D eigenvalue weighted by Gasteiger charge is -2.45. The number of rotatable bonds is 2. The molecule has 2 unspecified atom stereocenters. The lowest BCUT2D eigenvalue weighted by Crippen LogP contribution is -2.52. The molecule has 2 heteroatoms. The Hall–Kier alpha value is -0.0800. The largest absolute Gasteiger partial charge is 0.381 e. The van der Waals surface area contributed by atoms with Gasteiger partial charge in [-0.2, -0.15) is 0 Å². The van der Waals surface area contributed by atoms with Crippen molar-refractivity contribution in [1.82, 2.24) is 0 Å². The van der Waals surface area contributed by atoms with Gasteiger partial charge in [-0.05, 0) is 56.3 Å². The first-order chi connectivity index (χ1) is 7.78. The molecule has 0 aromatic rings. The highest BCUT2D eigenvalue weighted by atomic mass is 16.5. The van der Waals surface area contributed by atoms with E-state index in [1.807, 2.05) is 0 Å². The van der Waals surface area contributed by atoms with Gasteiger partial charge >= 0.3 is 0 Å². The Kier molecular flexibility index (Phi) is 2.97. The second-order valence-corrected chi connectivity index (χ2v) is 6.31. The smallest absolute Gasteiger partial charge is 0.0469 e. The molecule has 0 aromatic carbocycles. The summed E-state index contributed by atoms with van der Waals surface area (Å²) in [5.41, 5.74) is 6.90. The molecule has 0 spiro atoms. The lowest BCUT2D eigenvalue weighted by molar-refractivity contribution is 0.0194. The highest BCUT2D eigenvalue weighted by Crippen LogP contribution is 2.48. The molecule has 1 aliphatic heterocycles. The van der Waals surface area contributed by atoms with E-state index in [-0.39, 0.29) is 5.54 Å². The second kappa shape index (κ2) is 4.30. The predicted octanol–water partition coefficient (Wildman–Crippen LogP) is 2.71. The zero-order valence-corrected chi connectivity index (χ0v) is 10.3. The van der Waals surface area contributed by atoms with E-state index in [1.165, 1.54) is 51.4 Å². The number of hydrogen-bond donors (Lipinski definition) is 1. The summed E-state index contributed by atoms with van der Waals surface area (Å²) in [6.45, 7) is 1.88. The molecular weight excluding hydrogens is 198 g/mol. The first-order valence-corrected chi connectivity index (χ1v) is 7.14. The molecular formula is C14H25NO. The monoisotopic (exact) mass is 223 g/mol. The summed E-state index contributed by atoms with van der Waals surface area (Å²) in [7, 11) is 0. The van der Waals surface area contributed by atoms with E-state index in [1.54, 1.807) is 0 Å². The highest BCUT2D eigenvalue weighted by Gasteiger charge is 2.43. The fourth-order valence-electron chi connectivity index (χ4n) is 4.00. The maximum atomic E-state index is 6.73. The molecule has 2 nitrogen and oxygen atoms in total. The van der Waals surface area contributed by atoms with Gasteiger partial charge in [0.05, 0.1) is 0 Å². The topological polar surface area (TPSA) is 35.2 Å². The summed E-state index contributed by atoms with van der Waals surface area (Å²) in [6.07, 6.45) is 10.8. The first kappa shape index (κ1) is 11.0. The van der Waals surface area contributed by atoms with E-state index >= 15 is 0 Å². The fourth-order valence-corrected chi connectivity index (χ4v) is 4.00. The van der Waals surface area contributed by atoms with Crippen LogP contribution in [0.3, 0.4) is 0 Å². The fraction of sp³-hybridized carbons (Fsp3) is 1.00. The Bertz CT molecular complexity index is 245. The van der Waals surface area contributed by atoms with E-state index in [2.05, 4.69) is 0 Å². The summed E-state index contributed by atoms with van der Waals surface area (Å²) in [5.74, 6) is 2.74. The van der Waals surface area contributed by atoms with Crippen molar-refractivity contribution in [3.63, 3.8) is 0 Å². The molecule has 3 rings (SSSR count). The molecule has 0 radical (unpaired) electrons. The maximum absolute atomic E-state index is 6.73. The van der Waals surface area contributed by atoms with Gasteiger partial charge in [-0.25, -0.2) is 0 Å². The van der Waals surface area contributed by atoms with Crippen molar-refractivity contribution in [2.45, 2.75) is 56.9 Å². The quantitative estimate of drug-likeness (QED) is 0.781. The molecule has 0 amide bonds. The Morgan fingerprint density at radius 2 is 1.69 bits per heavy atom. The van der Waals surface area contributed by atoms with Gasteiger partial charge < -0.3 is 10.5 Å². The standard InChI is InChI=1S/C14H25NO/c15-14(13-5-8-16-9-6-13)7-1-2-12(10-14)11-3-4-11/h11-13H,1-10,15H2. The van der Waals surface area contributed by atoms with Gasteiger partial charge in [-0.1, -0.05) is 12.8 Å².